The zero-order valence-corrected chi connectivity index (χ0v) is 11.8. The maximum atomic E-state index is 12.3. The molecule has 0 N–H and O–H groups in total. The largest absolute Gasteiger partial charge is 0.287 e. The summed E-state index contributed by atoms with van der Waals surface area (Å²) >= 11 is 7.37. The van der Waals surface area contributed by atoms with Crippen LogP contribution in [-0.4, -0.2) is 5.78 Å². The van der Waals surface area contributed by atoms with Gasteiger partial charge in [-0.3, -0.25) is 4.79 Å². The number of carbonyl (C=O) groups is 1. The highest BCUT2D eigenvalue weighted by Gasteiger charge is 2.16. The van der Waals surface area contributed by atoms with E-state index in [0.29, 0.717) is 15.5 Å². The second kappa shape index (κ2) is 5.83. The van der Waals surface area contributed by atoms with E-state index < -0.39 is 0 Å². The Morgan fingerprint density at radius 3 is 2.68 bits per heavy atom. The van der Waals surface area contributed by atoms with Crippen LogP contribution in [0.4, 0.5) is 0 Å². The van der Waals surface area contributed by atoms with Crippen LogP contribution in [0.15, 0.2) is 41.3 Å². The molecule has 0 saturated carbocycles. The summed E-state index contributed by atoms with van der Waals surface area (Å²) in [5, 5.41) is 11.5. The maximum Gasteiger partial charge on any atom is 0.213 e. The van der Waals surface area contributed by atoms with E-state index in [1.54, 1.807) is 18.2 Å². The fourth-order valence-electron chi connectivity index (χ4n) is 1.62. The van der Waals surface area contributed by atoms with Gasteiger partial charge in [0.2, 0.25) is 5.78 Å². The lowest BCUT2D eigenvalue weighted by Crippen LogP contribution is -2.01. The second-order valence-corrected chi connectivity index (χ2v) is 5.28. The first-order chi connectivity index (χ1) is 9.13. The molecule has 0 unspecified atom stereocenters. The van der Waals surface area contributed by atoms with Crippen molar-refractivity contribution in [2.75, 3.05) is 0 Å². The van der Waals surface area contributed by atoms with Gasteiger partial charge in [-0.05, 0) is 41.6 Å². The monoisotopic (exact) mass is 287 g/mol. The van der Waals surface area contributed by atoms with Crippen LogP contribution in [0.2, 0.25) is 5.02 Å². The van der Waals surface area contributed by atoms with Crippen molar-refractivity contribution in [2.45, 2.75) is 6.92 Å². The van der Waals surface area contributed by atoms with Gasteiger partial charge in [0.25, 0.3) is 0 Å². The SMILES string of the molecule is Cc1ccsc1C(=O)/C(C#N)=C/c1ccccc1Cl. The van der Waals surface area contributed by atoms with Crippen molar-refractivity contribution < 1.29 is 4.79 Å². The highest BCUT2D eigenvalue weighted by atomic mass is 35.5. The molecule has 2 nitrogen and oxygen atoms in total. The number of aryl methyl sites for hydroxylation is 1. The van der Waals surface area contributed by atoms with E-state index in [1.807, 2.05) is 30.5 Å². The van der Waals surface area contributed by atoms with Gasteiger partial charge < -0.3 is 0 Å². The number of hydrogen-bond acceptors (Lipinski definition) is 3. The summed E-state index contributed by atoms with van der Waals surface area (Å²) in [6, 6.07) is 10.9. The Morgan fingerprint density at radius 2 is 2.11 bits per heavy atom. The highest BCUT2D eigenvalue weighted by Crippen LogP contribution is 2.23. The molecule has 0 saturated heterocycles. The summed E-state index contributed by atoms with van der Waals surface area (Å²) in [6.07, 6.45) is 1.53. The number of nitrogens with zero attached hydrogens (tertiary/aromatic N) is 1. The summed E-state index contributed by atoms with van der Waals surface area (Å²) in [6.45, 7) is 1.86. The molecule has 0 spiro atoms. The number of Topliss-reactive ketones (excluding diaryl/α,β-unsaturated/α-hetero) is 1. The Kier molecular flexibility index (Phi) is 4.16. The van der Waals surface area contributed by atoms with Crippen molar-refractivity contribution in [2.24, 2.45) is 0 Å². The topological polar surface area (TPSA) is 40.9 Å². The molecule has 19 heavy (non-hydrogen) atoms. The maximum absolute atomic E-state index is 12.3. The van der Waals surface area contributed by atoms with Crippen LogP contribution in [0.1, 0.15) is 20.8 Å². The van der Waals surface area contributed by atoms with Crippen molar-refractivity contribution in [1.82, 2.24) is 0 Å². The first-order valence-corrected chi connectivity index (χ1v) is 6.84. The Morgan fingerprint density at radius 1 is 1.37 bits per heavy atom. The summed E-state index contributed by atoms with van der Waals surface area (Å²) in [4.78, 5) is 12.8. The number of carbonyl (C=O) groups excluding carboxylic acids is 1. The summed E-state index contributed by atoms with van der Waals surface area (Å²) in [5.74, 6) is -0.255. The molecular formula is C15H10ClNOS. The van der Waals surface area contributed by atoms with Crippen LogP contribution in [0.25, 0.3) is 6.08 Å². The van der Waals surface area contributed by atoms with Gasteiger partial charge in [-0.15, -0.1) is 11.3 Å². The third kappa shape index (κ3) is 2.93. The summed E-state index contributed by atoms with van der Waals surface area (Å²) in [7, 11) is 0. The van der Waals surface area contributed by atoms with E-state index in [1.165, 1.54) is 17.4 Å². The molecule has 2 aromatic rings. The van der Waals surface area contributed by atoms with E-state index in [4.69, 9.17) is 16.9 Å². The molecule has 0 aliphatic rings. The number of nitriles is 1. The quantitative estimate of drug-likeness (QED) is 0.474. The molecule has 2 rings (SSSR count). The van der Waals surface area contributed by atoms with Crippen LogP contribution in [0.5, 0.6) is 0 Å². The molecule has 1 aromatic carbocycles. The summed E-state index contributed by atoms with van der Waals surface area (Å²) < 4.78 is 0. The normalized spacial score (nSPS) is 11.1. The standard InChI is InChI=1S/C15H10ClNOS/c1-10-6-7-19-15(10)14(18)12(9-17)8-11-4-2-3-5-13(11)16/h2-8H,1H3/b12-8+. The van der Waals surface area contributed by atoms with Crippen molar-refractivity contribution in [3.8, 4) is 6.07 Å². The molecule has 0 aliphatic carbocycles. The van der Waals surface area contributed by atoms with Gasteiger partial charge >= 0.3 is 0 Å². The van der Waals surface area contributed by atoms with E-state index in [2.05, 4.69) is 0 Å². The van der Waals surface area contributed by atoms with Gasteiger partial charge in [-0.2, -0.15) is 5.26 Å². The number of benzene rings is 1. The minimum Gasteiger partial charge on any atom is -0.287 e. The van der Waals surface area contributed by atoms with E-state index >= 15 is 0 Å². The molecule has 0 amide bonds. The average molecular weight is 288 g/mol. The lowest BCUT2D eigenvalue weighted by Gasteiger charge is -2.00. The van der Waals surface area contributed by atoms with E-state index in [-0.39, 0.29) is 11.4 Å². The Hall–Kier alpha value is -1.89. The highest BCUT2D eigenvalue weighted by molar-refractivity contribution is 7.12. The zero-order chi connectivity index (χ0) is 13.8. The molecule has 4 heteroatoms. The van der Waals surface area contributed by atoms with Gasteiger partial charge in [0.1, 0.15) is 11.6 Å². The third-order valence-electron chi connectivity index (χ3n) is 2.64. The van der Waals surface area contributed by atoms with E-state index in [9.17, 15) is 4.79 Å². The smallest absolute Gasteiger partial charge is 0.213 e. The van der Waals surface area contributed by atoms with Gasteiger partial charge in [0, 0.05) is 5.02 Å². The fourth-order valence-corrected chi connectivity index (χ4v) is 2.69. The number of allylic oxidation sites excluding steroid dienone is 1. The van der Waals surface area contributed by atoms with Gasteiger partial charge in [-0.1, -0.05) is 29.8 Å². The second-order valence-electron chi connectivity index (χ2n) is 3.95. The Bertz CT molecular complexity index is 694. The van der Waals surface area contributed by atoms with Crippen LogP contribution >= 0.6 is 22.9 Å². The predicted octanol–water partition coefficient (Wildman–Crippen LogP) is 4.50. The van der Waals surface area contributed by atoms with Crippen LogP contribution in [0, 0.1) is 18.3 Å². The lowest BCUT2D eigenvalue weighted by molar-refractivity contribution is 0.104. The molecule has 0 bridgehead atoms. The Balaban J connectivity index is 2.42. The third-order valence-corrected chi connectivity index (χ3v) is 4.00. The van der Waals surface area contributed by atoms with Crippen molar-refractivity contribution >= 4 is 34.8 Å². The van der Waals surface area contributed by atoms with Crippen LogP contribution in [-0.2, 0) is 0 Å². The lowest BCUT2D eigenvalue weighted by atomic mass is 10.1. The van der Waals surface area contributed by atoms with Gasteiger partial charge in [0.15, 0.2) is 0 Å². The van der Waals surface area contributed by atoms with Crippen molar-refractivity contribution in [1.29, 1.82) is 5.26 Å². The molecular weight excluding hydrogens is 278 g/mol. The fraction of sp³-hybridized carbons (Fsp3) is 0.0667. The molecule has 0 atom stereocenters. The minimum absolute atomic E-state index is 0.0960. The van der Waals surface area contributed by atoms with Crippen molar-refractivity contribution in [3.63, 3.8) is 0 Å². The number of thiophene rings is 1. The Labute approximate surface area is 120 Å². The number of ketones is 1. The molecule has 1 heterocycles. The summed E-state index contributed by atoms with van der Waals surface area (Å²) in [5.41, 5.74) is 1.65. The molecule has 94 valence electrons. The first kappa shape index (κ1) is 13.5. The van der Waals surface area contributed by atoms with Crippen molar-refractivity contribution in [3.05, 3.63) is 62.3 Å². The number of hydrogen-bond donors (Lipinski definition) is 0. The van der Waals surface area contributed by atoms with Gasteiger partial charge in [-0.25, -0.2) is 0 Å². The molecule has 1 aromatic heterocycles. The van der Waals surface area contributed by atoms with Gasteiger partial charge in [0.05, 0.1) is 4.88 Å². The predicted molar refractivity (Wildman–Crippen MR) is 78.4 cm³/mol. The zero-order valence-electron chi connectivity index (χ0n) is 10.2. The van der Waals surface area contributed by atoms with E-state index in [0.717, 1.165) is 5.56 Å². The first-order valence-electron chi connectivity index (χ1n) is 5.58. The minimum atomic E-state index is -0.255. The van der Waals surface area contributed by atoms with Crippen LogP contribution in [0.3, 0.4) is 0 Å². The van der Waals surface area contributed by atoms with Crippen LogP contribution < -0.4 is 0 Å². The molecule has 0 radical (unpaired) electrons. The molecule has 0 fully saturated rings. The molecule has 0 aliphatic heterocycles. The number of rotatable bonds is 3. The number of halogens is 1. The average Bonchev–Trinajstić information content (AvgIpc) is 2.83.